The van der Waals surface area contributed by atoms with E-state index in [-0.39, 0.29) is 0 Å². The van der Waals surface area contributed by atoms with Crippen LogP contribution in [0.2, 0.25) is 0 Å². The number of unbranched alkanes of at least 4 members (excludes halogenated alkanes) is 1. The summed E-state index contributed by atoms with van der Waals surface area (Å²) in [5, 5.41) is 7.62. The van der Waals surface area contributed by atoms with Gasteiger partial charge in [0.2, 0.25) is 0 Å². The van der Waals surface area contributed by atoms with Crippen LogP contribution in [0.15, 0.2) is 12.4 Å². The molecule has 0 unspecified atom stereocenters. The molecule has 0 aromatic carbocycles. The predicted molar refractivity (Wildman–Crippen MR) is 70.5 cm³/mol. The van der Waals surface area contributed by atoms with Crippen LogP contribution in [0, 0.1) is 0 Å². The van der Waals surface area contributed by atoms with Crippen LogP contribution in [-0.2, 0) is 0 Å². The van der Waals surface area contributed by atoms with E-state index in [1.165, 1.54) is 0 Å². The Morgan fingerprint density at radius 3 is 2.65 bits per heavy atom. The number of hydrogen-bond donors (Lipinski definition) is 1. The van der Waals surface area contributed by atoms with Crippen molar-refractivity contribution in [2.24, 2.45) is 0 Å². The third kappa shape index (κ3) is 5.73. The molecule has 98 valence electrons. The molecule has 1 aromatic rings. The van der Waals surface area contributed by atoms with Gasteiger partial charge in [0.05, 0.1) is 19.0 Å². The van der Waals surface area contributed by atoms with Gasteiger partial charge in [0.1, 0.15) is 0 Å². The molecule has 4 heteroatoms. The summed E-state index contributed by atoms with van der Waals surface area (Å²) in [6.45, 7) is 10.4. The molecule has 0 spiro atoms. The zero-order chi connectivity index (χ0) is 12.7. The Morgan fingerprint density at radius 1 is 1.29 bits per heavy atom. The second-order valence-electron chi connectivity index (χ2n) is 4.91. The fourth-order valence-corrected chi connectivity index (χ4v) is 1.49. The van der Waals surface area contributed by atoms with Crippen molar-refractivity contribution in [1.82, 2.24) is 15.1 Å². The van der Waals surface area contributed by atoms with Gasteiger partial charge >= 0.3 is 0 Å². The predicted octanol–water partition coefficient (Wildman–Crippen LogP) is 2.62. The molecule has 17 heavy (non-hydrogen) atoms. The van der Waals surface area contributed by atoms with Crippen LogP contribution in [0.3, 0.4) is 0 Å². The summed E-state index contributed by atoms with van der Waals surface area (Å²) >= 11 is 0. The van der Waals surface area contributed by atoms with E-state index >= 15 is 0 Å². The van der Waals surface area contributed by atoms with E-state index in [9.17, 15) is 0 Å². The van der Waals surface area contributed by atoms with Gasteiger partial charge in [-0.1, -0.05) is 13.8 Å². The standard InChI is InChI=1S/C13H25N3O/c1-11(2)14-7-5-6-8-17-13-9-15-16(10-13)12(3)4/h9-12,14H,5-8H2,1-4H3. The number of nitrogens with zero attached hydrogens (tertiary/aromatic N) is 2. The largest absolute Gasteiger partial charge is 0.490 e. The normalized spacial score (nSPS) is 11.4. The van der Waals surface area contributed by atoms with E-state index in [0.29, 0.717) is 12.1 Å². The molecule has 0 bridgehead atoms. The number of rotatable bonds is 8. The van der Waals surface area contributed by atoms with Crippen LogP contribution in [0.1, 0.15) is 46.6 Å². The summed E-state index contributed by atoms with van der Waals surface area (Å²) in [5.41, 5.74) is 0. The molecule has 1 N–H and O–H groups in total. The molecule has 0 radical (unpaired) electrons. The van der Waals surface area contributed by atoms with Crippen molar-refractivity contribution in [3.63, 3.8) is 0 Å². The minimum absolute atomic E-state index is 0.391. The molecule has 1 aromatic heterocycles. The fraction of sp³-hybridized carbons (Fsp3) is 0.769. The van der Waals surface area contributed by atoms with Crippen molar-refractivity contribution in [3.05, 3.63) is 12.4 Å². The Bertz CT molecular complexity index is 307. The maximum absolute atomic E-state index is 5.63. The number of ether oxygens (including phenoxy) is 1. The Morgan fingerprint density at radius 2 is 2.06 bits per heavy atom. The number of aromatic nitrogens is 2. The maximum atomic E-state index is 5.63. The first-order chi connectivity index (χ1) is 8.09. The van der Waals surface area contributed by atoms with Crippen LogP contribution >= 0.6 is 0 Å². The molecular weight excluding hydrogens is 214 g/mol. The van der Waals surface area contributed by atoms with Gasteiger partial charge in [-0.05, 0) is 33.2 Å². The van der Waals surface area contributed by atoms with E-state index in [1.807, 2.05) is 10.9 Å². The zero-order valence-electron chi connectivity index (χ0n) is 11.4. The highest BCUT2D eigenvalue weighted by Gasteiger charge is 2.01. The van der Waals surface area contributed by atoms with Crippen LogP contribution in [0.4, 0.5) is 0 Å². The lowest BCUT2D eigenvalue weighted by atomic mass is 10.3. The zero-order valence-corrected chi connectivity index (χ0v) is 11.4. The first-order valence-electron chi connectivity index (χ1n) is 6.50. The average Bonchev–Trinajstić information content (AvgIpc) is 2.71. The minimum atomic E-state index is 0.391. The summed E-state index contributed by atoms with van der Waals surface area (Å²) < 4.78 is 7.55. The first-order valence-corrected chi connectivity index (χ1v) is 6.50. The van der Waals surface area contributed by atoms with Crippen LogP contribution in [0.5, 0.6) is 5.75 Å². The fourth-order valence-electron chi connectivity index (χ4n) is 1.49. The average molecular weight is 239 g/mol. The van der Waals surface area contributed by atoms with Gasteiger partial charge in [-0.15, -0.1) is 0 Å². The van der Waals surface area contributed by atoms with Gasteiger partial charge in [-0.25, -0.2) is 0 Å². The van der Waals surface area contributed by atoms with Gasteiger partial charge in [0, 0.05) is 12.1 Å². The van der Waals surface area contributed by atoms with Crippen LogP contribution < -0.4 is 10.1 Å². The Hall–Kier alpha value is -1.03. The molecule has 1 rings (SSSR count). The number of hydrogen-bond acceptors (Lipinski definition) is 3. The molecule has 0 atom stereocenters. The van der Waals surface area contributed by atoms with Crippen molar-refractivity contribution in [2.75, 3.05) is 13.2 Å². The van der Waals surface area contributed by atoms with Gasteiger partial charge in [-0.3, -0.25) is 4.68 Å². The summed E-state index contributed by atoms with van der Waals surface area (Å²) in [4.78, 5) is 0. The maximum Gasteiger partial charge on any atom is 0.157 e. The molecule has 0 fully saturated rings. The molecule has 0 saturated carbocycles. The monoisotopic (exact) mass is 239 g/mol. The molecule has 0 aliphatic carbocycles. The van der Waals surface area contributed by atoms with Crippen molar-refractivity contribution >= 4 is 0 Å². The smallest absolute Gasteiger partial charge is 0.157 e. The summed E-state index contributed by atoms with van der Waals surface area (Å²) in [6.07, 6.45) is 5.96. The summed E-state index contributed by atoms with van der Waals surface area (Å²) in [5.74, 6) is 0.871. The summed E-state index contributed by atoms with van der Waals surface area (Å²) in [6, 6.07) is 0.961. The molecule has 0 aliphatic rings. The van der Waals surface area contributed by atoms with Crippen molar-refractivity contribution < 1.29 is 4.74 Å². The molecule has 4 nitrogen and oxygen atoms in total. The van der Waals surface area contributed by atoms with Crippen molar-refractivity contribution in [2.45, 2.75) is 52.6 Å². The lowest BCUT2D eigenvalue weighted by Crippen LogP contribution is -2.23. The Kier molecular flexibility index (Phi) is 6.05. The van der Waals surface area contributed by atoms with Gasteiger partial charge in [0.15, 0.2) is 5.75 Å². The van der Waals surface area contributed by atoms with Crippen molar-refractivity contribution in [1.29, 1.82) is 0 Å². The third-order valence-corrected chi connectivity index (χ3v) is 2.50. The van der Waals surface area contributed by atoms with E-state index in [0.717, 1.165) is 31.7 Å². The highest BCUT2D eigenvalue weighted by molar-refractivity contribution is 5.11. The van der Waals surface area contributed by atoms with E-state index in [1.54, 1.807) is 6.20 Å². The van der Waals surface area contributed by atoms with Crippen molar-refractivity contribution in [3.8, 4) is 5.75 Å². The Balaban J connectivity index is 2.09. The molecule has 1 heterocycles. The third-order valence-electron chi connectivity index (χ3n) is 2.50. The van der Waals surface area contributed by atoms with Crippen LogP contribution in [0.25, 0.3) is 0 Å². The second kappa shape index (κ2) is 7.33. The van der Waals surface area contributed by atoms with Gasteiger partial charge < -0.3 is 10.1 Å². The van der Waals surface area contributed by atoms with Crippen LogP contribution in [-0.4, -0.2) is 29.0 Å². The van der Waals surface area contributed by atoms with Gasteiger partial charge in [0.25, 0.3) is 0 Å². The quantitative estimate of drug-likeness (QED) is 0.709. The molecule has 0 amide bonds. The topological polar surface area (TPSA) is 39.1 Å². The highest BCUT2D eigenvalue weighted by Crippen LogP contribution is 2.12. The highest BCUT2D eigenvalue weighted by atomic mass is 16.5. The lowest BCUT2D eigenvalue weighted by Gasteiger charge is -2.07. The molecular formula is C13H25N3O. The first kappa shape index (κ1) is 14.0. The number of nitrogens with one attached hydrogen (secondary N) is 1. The van der Waals surface area contributed by atoms with Gasteiger partial charge in [-0.2, -0.15) is 5.10 Å². The van der Waals surface area contributed by atoms with E-state index < -0.39 is 0 Å². The Labute approximate surface area is 104 Å². The SMILES string of the molecule is CC(C)NCCCCOc1cnn(C(C)C)c1. The summed E-state index contributed by atoms with van der Waals surface area (Å²) in [7, 11) is 0. The second-order valence-corrected chi connectivity index (χ2v) is 4.91. The molecule has 0 saturated heterocycles. The lowest BCUT2D eigenvalue weighted by molar-refractivity contribution is 0.304. The minimum Gasteiger partial charge on any atom is -0.490 e. The van der Waals surface area contributed by atoms with E-state index in [4.69, 9.17) is 4.74 Å². The van der Waals surface area contributed by atoms with E-state index in [2.05, 4.69) is 38.1 Å². The molecule has 0 aliphatic heterocycles.